The molecular formula is C11H25O2P. The van der Waals surface area contributed by atoms with Crippen LogP contribution < -0.4 is 0 Å². The van der Waals surface area contributed by atoms with Crippen molar-refractivity contribution in [2.45, 2.75) is 52.6 Å². The quantitative estimate of drug-likeness (QED) is 0.503. The Morgan fingerprint density at radius 3 is 2.14 bits per heavy atom. The first kappa shape index (κ1) is 14.2. The summed E-state index contributed by atoms with van der Waals surface area (Å²) in [6, 6.07) is 0. The van der Waals surface area contributed by atoms with Gasteiger partial charge in [0.25, 0.3) is 0 Å². The van der Waals surface area contributed by atoms with Gasteiger partial charge in [-0.25, -0.2) is 0 Å². The lowest BCUT2D eigenvalue weighted by atomic mass is 10.1. The van der Waals surface area contributed by atoms with Gasteiger partial charge in [0, 0.05) is 6.16 Å². The largest absolute Gasteiger partial charge is 0.393 e. The molecule has 0 amide bonds. The number of aliphatic hydroxyl groups excluding tert-OH is 1. The standard InChI is InChI=1S/C11H25O2P/c1-4-14(13,5-2)10-8-6-7-9-11(3)12/h11-12H,4-10H2,1-3H3. The molecule has 0 aliphatic carbocycles. The highest BCUT2D eigenvalue weighted by Gasteiger charge is 2.15. The number of aliphatic hydroxyl groups is 1. The lowest BCUT2D eigenvalue weighted by molar-refractivity contribution is 0.180. The van der Waals surface area contributed by atoms with Crippen molar-refractivity contribution in [2.75, 3.05) is 18.5 Å². The SMILES string of the molecule is CCP(=O)(CC)CCCCCC(C)O. The molecule has 0 heterocycles. The molecule has 0 radical (unpaired) electrons. The number of rotatable bonds is 8. The predicted octanol–water partition coefficient (Wildman–Crippen LogP) is 3.33. The van der Waals surface area contributed by atoms with E-state index in [9.17, 15) is 4.57 Å². The van der Waals surface area contributed by atoms with Crippen LogP contribution in [-0.2, 0) is 4.57 Å². The average molecular weight is 220 g/mol. The van der Waals surface area contributed by atoms with Crippen LogP contribution in [0.1, 0.15) is 46.5 Å². The van der Waals surface area contributed by atoms with Crippen LogP contribution in [0, 0.1) is 0 Å². The van der Waals surface area contributed by atoms with Crippen molar-refractivity contribution < 1.29 is 9.67 Å². The van der Waals surface area contributed by atoms with Crippen molar-refractivity contribution >= 4 is 7.14 Å². The highest BCUT2D eigenvalue weighted by atomic mass is 31.2. The van der Waals surface area contributed by atoms with Gasteiger partial charge < -0.3 is 9.67 Å². The molecule has 0 aromatic rings. The Morgan fingerprint density at radius 1 is 1.14 bits per heavy atom. The zero-order valence-electron chi connectivity index (χ0n) is 9.83. The first-order valence-electron chi connectivity index (χ1n) is 5.79. The fourth-order valence-corrected chi connectivity index (χ4v) is 3.44. The molecule has 1 N–H and O–H groups in total. The highest BCUT2D eigenvalue weighted by molar-refractivity contribution is 7.63. The van der Waals surface area contributed by atoms with Gasteiger partial charge in [-0.1, -0.05) is 26.7 Å². The first-order valence-corrected chi connectivity index (χ1v) is 8.05. The van der Waals surface area contributed by atoms with Gasteiger partial charge in [0.2, 0.25) is 0 Å². The van der Waals surface area contributed by atoms with Crippen molar-refractivity contribution in [2.24, 2.45) is 0 Å². The molecule has 0 saturated heterocycles. The van der Waals surface area contributed by atoms with Crippen molar-refractivity contribution in [3.8, 4) is 0 Å². The third kappa shape index (κ3) is 6.62. The molecule has 0 aliphatic rings. The Morgan fingerprint density at radius 2 is 1.71 bits per heavy atom. The lowest BCUT2D eigenvalue weighted by Gasteiger charge is -2.13. The number of unbranched alkanes of at least 4 members (excludes halogenated alkanes) is 2. The van der Waals surface area contributed by atoms with E-state index in [0.717, 1.165) is 44.2 Å². The number of hydrogen-bond acceptors (Lipinski definition) is 2. The Bertz CT molecular complexity index is 170. The molecule has 0 aliphatic heterocycles. The zero-order chi connectivity index (χ0) is 11.0. The summed E-state index contributed by atoms with van der Waals surface area (Å²) in [5.74, 6) is 0. The molecule has 0 rings (SSSR count). The molecule has 0 saturated carbocycles. The van der Waals surface area contributed by atoms with E-state index in [1.165, 1.54) is 0 Å². The van der Waals surface area contributed by atoms with Crippen LogP contribution in [0.4, 0.5) is 0 Å². The third-order valence-corrected chi connectivity index (χ3v) is 6.28. The van der Waals surface area contributed by atoms with Gasteiger partial charge in [-0.2, -0.15) is 0 Å². The van der Waals surface area contributed by atoms with Crippen LogP contribution in [0.15, 0.2) is 0 Å². The van der Waals surface area contributed by atoms with Crippen molar-refractivity contribution in [1.82, 2.24) is 0 Å². The van der Waals surface area contributed by atoms with E-state index < -0.39 is 7.14 Å². The number of hydrogen-bond donors (Lipinski definition) is 1. The molecule has 1 unspecified atom stereocenters. The van der Waals surface area contributed by atoms with Crippen LogP contribution >= 0.6 is 7.14 Å². The summed E-state index contributed by atoms with van der Waals surface area (Å²) in [5.41, 5.74) is 0. The minimum Gasteiger partial charge on any atom is -0.393 e. The van der Waals surface area contributed by atoms with Gasteiger partial charge in [-0.05, 0) is 32.1 Å². The molecule has 0 aromatic heterocycles. The minimum atomic E-state index is -1.81. The summed E-state index contributed by atoms with van der Waals surface area (Å²) in [6.45, 7) is 5.88. The van der Waals surface area contributed by atoms with Crippen LogP contribution in [0.25, 0.3) is 0 Å². The smallest absolute Gasteiger partial charge is 0.0872 e. The van der Waals surface area contributed by atoms with E-state index in [1.807, 2.05) is 20.8 Å². The molecule has 3 heteroatoms. The minimum absolute atomic E-state index is 0.181. The molecule has 14 heavy (non-hydrogen) atoms. The van der Waals surface area contributed by atoms with E-state index in [4.69, 9.17) is 5.11 Å². The normalized spacial score (nSPS) is 14.3. The van der Waals surface area contributed by atoms with Gasteiger partial charge in [0.05, 0.1) is 13.2 Å². The topological polar surface area (TPSA) is 37.3 Å². The van der Waals surface area contributed by atoms with E-state index in [1.54, 1.807) is 0 Å². The average Bonchev–Trinajstić information content (AvgIpc) is 2.16. The first-order chi connectivity index (χ1) is 6.54. The molecule has 2 nitrogen and oxygen atoms in total. The van der Waals surface area contributed by atoms with Crippen LogP contribution in [0.2, 0.25) is 0 Å². The molecule has 0 aromatic carbocycles. The van der Waals surface area contributed by atoms with Crippen LogP contribution in [-0.4, -0.2) is 29.7 Å². The van der Waals surface area contributed by atoms with Crippen molar-refractivity contribution in [1.29, 1.82) is 0 Å². The zero-order valence-corrected chi connectivity index (χ0v) is 10.7. The van der Waals surface area contributed by atoms with Crippen LogP contribution in [0.5, 0.6) is 0 Å². The maximum Gasteiger partial charge on any atom is 0.0872 e. The van der Waals surface area contributed by atoms with Crippen molar-refractivity contribution in [3.63, 3.8) is 0 Å². The summed E-state index contributed by atoms with van der Waals surface area (Å²) in [7, 11) is -1.81. The Labute approximate surface area is 88.5 Å². The second kappa shape index (κ2) is 7.48. The van der Waals surface area contributed by atoms with E-state index >= 15 is 0 Å². The lowest BCUT2D eigenvalue weighted by Crippen LogP contribution is -2.00. The fourth-order valence-electron chi connectivity index (χ4n) is 1.56. The maximum atomic E-state index is 12.0. The van der Waals surface area contributed by atoms with E-state index in [-0.39, 0.29) is 6.10 Å². The second-order valence-corrected chi connectivity index (χ2v) is 7.94. The summed E-state index contributed by atoms with van der Waals surface area (Å²) < 4.78 is 12.0. The summed E-state index contributed by atoms with van der Waals surface area (Å²) in [6.07, 6.45) is 6.52. The Balaban J connectivity index is 3.48. The molecular weight excluding hydrogens is 195 g/mol. The Hall–Kier alpha value is 0.190. The molecule has 0 fully saturated rings. The fraction of sp³-hybridized carbons (Fsp3) is 1.00. The van der Waals surface area contributed by atoms with Gasteiger partial charge in [-0.3, -0.25) is 0 Å². The monoisotopic (exact) mass is 220 g/mol. The molecule has 0 spiro atoms. The predicted molar refractivity (Wildman–Crippen MR) is 63.7 cm³/mol. The van der Waals surface area contributed by atoms with Gasteiger partial charge in [-0.15, -0.1) is 0 Å². The maximum absolute atomic E-state index is 12.0. The third-order valence-electron chi connectivity index (χ3n) is 2.84. The summed E-state index contributed by atoms with van der Waals surface area (Å²) in [5, 5.41) is 9.05. The summed E-state index contributed by atoms with van der Waals surface area (Å²) >= 11 is 0. The van der Waals surface area contributed by atoms with Crippen molar-refractivity contribution in [3.05, 3.63) is 0 Å². The summed E-state index contributed by atoms with van der Waals surface area (Å²) in [4.78, 5) is 0. The highest BCUT2D eigenvalue weighted by Crippen LogP contribution is 2.45. The van der Waals surface area contributed by atoms with E-state index in [0.29, 0.717) is 0 Å². The molecule has 0 bridgehead atoms. The second-order valence-electron chi connectivity index (χ2n) is 4.11. The van der Waals surface area contributed by atoms with Gasteiger partial charge in [0.15, 0.2) is 0 Å². The van der Waals surface area contributed by atoms with E-state index in [2.05, 4.69) is 0 Å². The molecule has 86 valence electrons. The van der Waals surface area contributed by atoms with Gasteiger partial charge >= 0.3 is 0 Å². The Kier molecular flexibility index (Phi) is 7.58. The van der Waals surface area contributed by atoms with Crippen LogP contribution in [0.3, 0.4) is 0 Å². The van der Waals surface area contributed by atoms with Gasteiger partial charge in [0.1, 0.15) is 0 Å². The molecule has 1 atom stereocenters.